The number of carbonyl (C=O) groups is 1. The number of pyridine rings is 2. The van der Waals surface area contributed by atoms with E-state index in [9.17, 15) is 9.59 Å². The summed E-state index contributed by atoms with van der Waals surface area (Å²) in [6.45, 7) is 6.06. The summed E-state index contributed by atoms with van der Waals surface area (Å²) in [6, 6.07) is 1.62. The van der Waals surface area contributed by atoms with Crippen molar-refractivity contribution >= 4 is 85.6 Å². The molecule has 2 aromatic rings. The lowest BCUT2D eigenvalue weighted by Crippen LogP contribution is -2.67. The zero-order chi connectivity index (χ0) is 20.6. The molecule has 8 nitrogen and oxygen atoms in total. The number of nitrogens with zero attached hydrogens (tertiary/aromatic N) is 5. The van der Waals surface area contributed by atoms with Crippen molar-refractivity contribution in [1.29, 1.82) is 0 Å². The van der Waals surface area contributed by atoms with Crippen molar-refractivity contribution < 1.29 is 9.53 Å². The molecule has 2 fully saturated rings. The second-order valence-electron chi connectivity index (χ2n) is 7.71. The Balaban J connectivity index is 1.86. The van der Waals surface area contributed by atoms with E-state index in [-0.39, 0.29) is 29.6 Å². The van der Waals surface area contributed by atoms with E-state index in [4.69, 9.17) is 16.3 Å². The maximum absolute atomic E-state index is 13.5. The molecule has 3 aliphatic heterocycles. The molecule has 29 heavy (non-hydrogen) atoms. The molecular weight excluding hydrogens is 623 g/mol. The van der Waals surface area contributed by atoms with E-state index in [2.05, 4.69) is 42.8 Å². The smallest absolute Gasteiger partial charge is 0.287 e. The summed E-state index contributed by atoms with van der Waals surface area (Å²) >= 11 is 10.7. The average molecular weight is 642 g/mol. The first-order valence-corrected chi connectivity index (χ1v) is 11.6. The molecule has 0 N–H and O–H groups in total. The number of aromatic nitrogens is 2. The normalized spacial score (nSPS) is 25.2. The van der Waals surface area contributed by atoms with E-state index in [0.29, 0.717) is 48.4 Å². The maximum Gasteiger partial charge on any atom is 0.287 e. The largest absolute Gasteiger partial charge is 0.377 e. The van der Waals surface area contributed by atoms with Gasteiger partial charge in [0.05, 0.1) is 58.5 Å². The molecule has 2 aromatic heterocycles. The molecule has 3 aliphatic rings. The summed E-state index contributed by atoms with van der Waals surface area (Å²) < 4.78 is 9.01. The van der Waals surface area contributed by atoms with Crippen LogP contribution in [-0.2, 0) is 9.53 Å². The predicted molar refractivity (Wildman–Crippen MR) is 129 cm³/mol. The fourth-order valence-corrected chi connectivity index (χ4v) is 5.52. The van der Waals surface area contributed by atoms with Gasteiger partial charge in [-0.1, -0.05) is 11.6 Å². The zero-order valence-corrected chi connectivity index (χ0v) is 20.8. The highest BCUT2D eigenvalue weighted by Crippen LogP contribution is 2.43. The zero-order valence-electron chi connectivity index (χ0n) is 15.7. The van der Waals surface area contributed by atoms with Crippen LogP contribution in [0.2, 0.25) is 5.02 Å². The van der Waals surface area contributed by atoms with Crippen LogP contribution < -0.4 is 15.4 Å². The van der Waals surface area contributed by atoms with Crippen molar-refractivity contribution in [2.24, 2.45) is 0 Å². The maximum atomic E-state index is 13.5. The summed E-state index contributed by atoms with van der Waals surface area (Å²) in [5, 5.41) is 1.34. The van der Waals surface area contributed by atoms with Crippen LogP contribution in [-0.4, -0.2) is 61.2 Å². The lowest BCUT2D eigenvalue weighted by atomic mass is 9.98. The monoisotopic (exact) mass is 641 g/mol. The second kappa shape index (κ2) is 7.18. The molecule has 11 heteroatoms. The third kappa shape index (κ3) is 2.92. The van der Waals surface area contributed by atoms with Gasteiger partial charge in [0.2, 0.25) is 0 Å². The van der Waals surface area contributed by atoms with Crippen molar-refractivity contribution in [1.82, 2.24) is 10.9 Å². The first-order chi connectivity index (χ1) is 13.8. The van der Waals surface area contributed by atoms with Gasteiger partial charge < -0.3 is 9.64 Å². The van der Waals surface area contributed by atoms with Crippen molar-refractivity contribution in [3.63, 3.8) is 0 Å². The molecule has 5 rings (SSSR count). The molecule has 0 spiro atoms. The summed E-state index contributed by atoms with van der Waals surface area (Å²) in [5.74, 6) is -0.0432. The molecule has 5 heterocycles. The van der Waals surface area contributed by atoms with Crippen molar-refractivity contribution in [2.75, 3.05) is 36.1 Å². The van der Waals surface area contributed by atoms with Crippen LogP contribution in [0.3, 0.4) is 0 Å². The molecule has 0 aliphatic carbocycles. The van der Waals surface area contributed by atoms with Crippen LogP contribution in [0.1, 0.15) is 12.6 Å². The molecule has 0 bridgehead atoms. The number of halogens is 3. The van der Waals surface area contributed by atoms with Gasteiger partial charge in [-0.15, -0.1) is 0 Å². The van der Waals surface area contributed by atoms with Crippen LogP contribution in [0.25, 0.3) is 11.0 Å². The first-order valence-electron chi connectivity index (χ1n) is 9.31. The third-order valence-corrected chi connectivity index (χ3v) is 8.50. The molecule has 2 saturated heterocycles. The number of aryl methyl sites for hydroxylation is 1. The Kier molecular flexibility index (Phi) is 5.00. The summed E-state index contributed by atoms with van der Waals surface area (Å²) in [7, 11) is 0. The Labute approximate surface area is 200 Å². The van der Waals surface area contributed by atoms with Gasteiger partial charge in [0.25, 0.3) is 11.5 Å². The van der Waals surface area contributed by atoms with Crippen molar-refractivity contribution in [3.05, 3.63) is 27.1 Å². The van der Waals surface area contributed by atoms with Gasteiger partial charge in [0, 0.05) is 47.4 Å². The van der Waals surface area contributed by atoms with Gasteiger partial charge in [-0.2, -0.15) is 0 Å². The quantitative estimate of drug-likeness (QED) is 0.353. The molecule has 1 amide bonds. The van der Waals surface area contributed by atoms with Crippen LogP contribution in [0.4, 0.5) is 11.4 Å². The lowest BCUT2D eigenvalue weighted by Gasteiger charge is -2.51. The highest BCUT2D eigenvalue weighted by molar-refractivity contribution is 14.1. The number of piperazine rings is 1. The molecule has 2 atom stereocenters. The summed E-state index contributed by atoms with van der Waals surface area (Å²) in [6.07, 6.45) is 0. The Morgan fingerprint density at radius 3 is 2.59 bits per heavy atom. The van der Waals surface area contributed by atoms with Crippen molar-refractivity contribution in [3.8, 4) is 0 Å². The van der Waals surface area contributed by atoms with Crippen LogP contribution >= 0.6 is 57.3 Å². The Morgan fingerprint density at radius 1 is 1.21 bits per heavy atom. The highest BCUT2D eigenvalue weighted by Gasteiger charge is 2.48. The molecule has 154 valence electrons. The minimum absolute atomic E-state index is 0.0432. The minimum atomic E-state index is -0.357. The number of anilines is 2. The van der Waals surface area contributed by atoms with Crippen LogP contribution in [0.5, 0.6) is 0 Å². The average Bonchev–Trinajstić information content (AvgIpc) is 2.64. The minimum Gasteiger partial charge on any atom is -0.377 e. The fraction of sp³-hybridized carbons (Fsp3) is 0.500. The van der Waals surface area contributed by atoms with Gasteiger partial charge in [0.1, 0.15) is 11.7 Å². The molecule has 0 radical (unpaired) electrons. The molecular formula is C18H18ClI2N5O3. The predicted octanol–water partition coefficient (Wildman–Crippen LogP) is 2.53. The van der Waals surface area contributed by atoms with E-state index >= 15 is 0 Å². The highest BCUT2D eigenvalue weighted by atomic mass is 127. The number of hydrogen-bond acceptors (Lipinski definition) is 6. The summed E-state index contributed by atoms with van der Waals surface area (Å²) in [5.41, 5.74) is 2.18. The van der Waals surface area contributed by atoms with Crippen LogP contribution in [0, 0.1) is 6.92 Å². The van der Waals surface area contributed by atoms with Crippen LogP contribution in [0.15, 0.2) is 10.9 Å². The van der Waals surface area contributed by atoms with Gasteiger partial charge in [-0.25, -0.2) is 10.9 Å². The van der Waals surface area contributed by atoms with E-state index in [1.165, 1.54) is 2.78 Å². The first kappa shape index (κ1) is 20.2. The standard InChI is InChI=1S/C18H18ClI2N5O3/c1-8-4-23-13(5-24(8)20)17(27)25(10-6-29-7-10)15-14(23)11-3-12(19)9(2)22-16(11)26(21)18(15)28/h3,8,10,13H,4-7H2,1-2H3. The van der Waals surface area contributed by atoms with E-state index in [1.54, 1.807) is 4.90 Å². The van der Waals surface area contributed by atoms with Gasteiger partial charge in [-0.3, -0.25) is 14.5 Å². The van der Waals surface area contributed by atoms with E-state index in [0.717, 1.165) is 11.1 Å². The molecule has 2 unspecified atom stereocenters. The molecule has 0 saturated carbocycles. The van der Waals surface area contributed by atoms with E-state index in [1.807, 2.05) is 35.9 Å². The number of hydrogen-bond donors (Lipinski definition) is 0. The van der Waals surface area contributed by atoms with Crippen molar-refractivity contribution in [2.45, 2.75) is 32.0 Å². The second-order valence-corrected chi connectivity index (χ2v) is 10.3. The number of fused-ring (bicyclic) bond motifs is 5. The Morgan fingerprint density at radius 2 is 1.93 bits per heavy atom. The van der Waals surface area contributed by atoms with Gasteiger partial charge in [-0.05, 0) is 19.9 Å². The number of amides is 1. The van der Waals surface area contributed by atoms with E-state index < -0.39 is 0 Å². The fourth-order valence-electron chi connectivity index (χ4n) is 4.23. The third-order valence-electron chi connectivity index (χ3n) is 5.88. The Bertz CT molecular complexity index is 1110. The van der Waals surface area contributed by atoms with Gasteiger partial charge in [0.15, 0.2) is 5.65 Å². The SMILES string of the molecule is Cc1nc2c(cc1Cl)c1c(c(=O)n2I)N(C2COC2)C(=O)C2CN(I)C(C)CN12. The number of ether oxygens (including phenoxy) is 1. The topological polar surface area (TPSA) is 70.9 Å². The lowest BCUT2D eigenvalue weighted by molar-refractivity contribution is -0.123. The number of carbonyl (C=O) groups excluding carboxylic acids is 1. The summed E-state index contributed by atoms with van der Waals surface area (Å²) in [4.78, 5) is 35.3. The molecule has 0 aromatic carbocycles. The van der Waals surface area contributed by atoms with Gasteiger partial charge >= 0.3 is 0 Å². The Hall–Kier alpha value is -0.700. The number of rotatable bonds is 1.